The van der Waals surface area contributed by atoms with Crippen LogP contribution in [-0.4, -0.2) is 45.1 Å². The van der Waals surface area contributed by atoms with Crippen LogP contribution in [0.15, 0.2) is 48.3 Å². The molecule has 1 aromatic heterocycles. The van der Waals surface area contributed by atoms with E-state index in [0.717, 1.165) is 0 Å². The van der Waals surface area contributed by atoms with Crippen LogP contribution < -0.4 is 0 Å². The Morgan fingerprint density at radius 2 is 2.06 bits per heavy atom. The molecule has 0 spiro atoms. The molecule has 6 rings (SSSR count). The molecule has 0 aromatic carbocycles. The van der Waals surface area contributed by atoms with Gasteiger partial charge in [0.15, 0.2) is 29.1 Å². The lowest BCUT2D eigenvalue weighted by atomic mass is 9.45. The fourth-order valence-corrected chi connectivity index (χ4v) is 8.23. The zero-order chi connectivity index (χ0) is 25.5. The van der Waals surface area contributed by atoms with Crippen molar-refractivity contribution in [1.29, 1.82) is 5.26 Å². The minimum atomic E-state index is -2.01. The van der Waals surface area contributed by atoms with Crippen LogP contribution in [0.1, 0.15) is 57.8 Å². The highest BCUT2D eigenvalue weighted by molar-refractivity contribution is 5.94. The number of allylic oxidation sites excluding steroid dienone is 4. The van der Waals surface area contributed by atoms with Crippen LogP contribution in [0.4, 0.5) is 4.39 Å². The molecule has 1 N–H and O–H groups in total. The van der Waals surface area contributed by atoms with E-state index in [1.54, 1.807) is 37.5 Å². The van der Waals surface area contributed by atoms with Crippen molar-refractivity contribution in [3.63, 3.8) is 0 Å². The number of ether oxygens (including phenoxy) is 2. The summed E-state index contributed by atoms with van der Waals surface area (Å²) in [5.74, 6) is -1.41. The van der Waals surface area contributed by atoms with E-state index in [0.29, 0.717) is 24.0 Å². The molecule has 4 aliphatic carbocycles. The lowest BCUT2D eigenvalue weighted by Gasteiger charge is -2.62. The van der Waals surface area contributed by atoms with Crippen molar-refractivity contribution in [1.82, 2.24) is 4.98 Å². The standard InChI is InChI=1S/C28H29FN2O5/c1-25-9-5-18(32)13-17(25)3-4-19-20-14-23-28(21(33)6-10-30,26(20,2)15-22(34)27(19,25)29)36-24(35-23)16-7-11-31-12-8-16/h3,5,7-9,11-12,19-20,22-24,34H,4,6,13-15H2,1-2H3/t19-,20-,22-,23+,24?,25-,26-,27-,28+/m0/s1. The number of nitriles is 1. The van der Waals surface area contributed by atoms with E-state index in [-0.39, 0.29) is 31.0 Å². The molecule has 0 amide bonds. The van der Waals surface area contributed by atoms with Gasteiger partial charge < -0.3 is 14.6 Å². The topological polar surface area (TPSA) is 110 Å². The number of aliphatic hydroxyl groups is 1. The number of carbonyl (C=O) groups is 2. The first-order valence-electron chi connectivity index (χ1n) is 12.5. The fourth-order valence-electron chi connectivity index (χ4n) is 8.23. The second-order valence-electron chi connectivity index (χ2n) is 11.3. The molecule has 7 nitrogen and oxygen atoms in total. The van der Waals surface area contributed by atoms with Gasteiger partial charge >= 0.3 is 0 Å². The summed E-state index contributed by atoms with van der Waals surface area (Å²) in [7, 11) is 0. The van der Waals surface area contributed by atoms with E-state index in [4.69, 9.17) is 9.47 Å². The van der Waals surface area contributed by atoms with E-state index >= 15 is 4.39 Å². The molecule has 0 radical (unpaired) electrons. The molecule has 2 saturated carbocycles. The number of hydrogen-bond acceptors (Lipinski definition) is 7. The number of aromatic nitrogens is 1. The first-order valence-corrected chi connectivity index (χ1v) is 12.5. The lowest BCUT2D eigenvalue weighted by molar-refractivity contribution is -0.226. The van der Waals surface area contributed by atoms with Crippen LogP contribution in [0.25, 0.3) is 0 Å². The van der Waals surface area contributed by atoms with Gasteiger partial charge in [-0.3, -0.25) is 14.6 Å². The number of alkyl halides is 1. The van der Waals surface area contributed by atoms with Crippen molar-refractivity contribution >= 4 is 11.6 Å². The number of nitrogens with zero attached hydrogens (tertiary/aromatic N) is 2. The van der Waals surface area contributed by atoms with Crippen LogP contribution in [0.2, 0.25) is 0 Å². The Bertz CT molecular complexity index is 1240. The van der Waals surface area contributed by atoms with E-state index in [2.05, 4.69) is 4.98 Å². The van der Waals surface area contributed by atoms with Crippen molar-refractivity contribution in [2.75, 3.05) is 0 Å². The molecule has 188 valence electrons. The number of halogens is 1. The van der Waals surface area contributed by atoms with E-state index in [1.807, 2.05) is 19.1 Å². The molecular weight excluding hydrogens is 463 g/mol. The van der Waals surface area contributed by atoms with E-state index in [1.165, 1.54) is 6.08 Å². The number of carbonyl (C=O) groups excluding carboxylic acids is 2. The first kappa shape index (κ1) is 23.7. The number of rotatable bonds is 3. The Hall–Kier alpha value is -2.73. The Morgan fingerprint density at radius 1 is 1.31 bits per heavy atom. The highest BCUT2D eigenvalue weighted by atomic mass is 19.1. The second kappa shape index (κ2) is 7.64. The fraction of sp³-hybridized carbons (Fsp3) is 0.571. The molecule has 1 aromatic rings. The maximum atomic E-state index is 17.4. The van der Waals surface area contributed by atoms with Gasteiger partial charge in [-0.05, 0) is 50.3 Å². The van der Waals surface area contributed by atoms with Gasteiger partial charge in [0, 0.05) is 41.1 Å². The van der Waals surface area contributed by atoms with E-state index in [9.17, 15) is 20.0 Å². The Morgan fingerprint density at radius 3 is 2.78 bits per heavy atom. The van der Waals surface area contributed by atoms with Gasteiger partial charge in [-0.2, -0.15) is 5.26 Å². The van der Waals surface area contributed by atoms with Gasteiger partial charge in [-0.15, -0.1) is 0 Å². The SMILES string of the molecule is C[C@]12C=CC(=O)CC1=CC[C@H]1[C@@H]3C[C@H]4OC(c5ccncc5)O[C@@]4(C(=O)CC#N)[C@@]3(C)C[C@H](O)[C@@]12F. The molecule has 8 heteroatoms. The van der Waals surface area contributed by atoms with Gasteiger partial charge in [0.2, 0.25) is 0 Å². The molecule has 1 saturated heterocycles. The van der Waals surface area contributed by atoms with Crippen molar-refractivity contribution in [3.8, 4) is 6.07 Å². The summed E-state index contributed by atoms with van der Waals surface area (Å²) in [6, 6.07) is 5.46. The first-order chi connectivity index (χ1) is 17.1. The number of hydrogen-bond donors (Lipinski definition) is 1. The van der Waals surface area contributed by atoms with Gasteiger partial charge in [0.1, 0.15) is 0 Å². The van der Waals surface area contributed by atoms with Crippen molar-refractivity contribution in [2.24, 2.45) is 22.7 Å². The van der Waals surface area contributed by atoms with Crippen molar-refractivity contribution < 1.29 is 28.6 Å². The molecule has 5 aliphatic rings. The number of pyridine rings is 1. The van der Waals surface area contributed by atoms with Crippen LogP contribution >= 0.6 is 0 Å². The number of Topliss-reactive ketones (excluding diaryl/α,β-unsaturated/α-hetero) is 1. The van der Waals surface area contributed by atoms with Gasteiger partial charge in [0.05, 0.1) is 24.7 Å². The Balaban J connectivity index is 1.45. The van der Waals surface area contributed by atoms with Crippen LogP contribution in [-0.2, 0) is 19.1 Å². The van der Waals surface area contributed by atoms with Crippen LogP contribution in [0.3, 0.4) is 0 Å². The molecule has 1 unspecified atom stereocenters. The van der Waals surface area contributed by atoms with Crippen molar-refractivity contribution in [3.05, 3.63) is 53.9 Å². The predicted octanol–water partition coefficient (Wildman–Crippen LogP) is 3.70. The summed E-state index contributed by atoms with van der Waals surface area (Å²) in [5.41, 5.74) is -4.16. The number of fused-ring (bicyclic) bond motifs is 7. The largest absolute Gasteiger partial charge is 0.390 e. The van der Waals surface area contributed by atoms with Crippen molar-refractivity contribution in [2.45, 2.75) is 75.7 Å². The Labute approximate surface area is 209 Å². The lowest BCUT2D eigenvalue weighted by Crippen LogP contribution is -2.69. The molecule has 36 heavy (non-hydrogen) atoms. The van der Waals surface area contributed by atoms with E-state index < -0.39 is 52.3 Å². The van der Waals surface area contributed by atoms with Crippen LogP contribution in [0.5, 0.6) is 0 Å². The summed E-state index contributed by atoms with van der Waals surface area (Å²) < 4.78 is 30.2. The minimum Gasteiger partial charge on any atom is -0.390 e. The van der Waals surface area contributed by atoms with Gasteiger partial charge in [-0.25, -0.2) is 4.39 Å². The smallest absolute Gasteiger partial charge is 0.185 e. The van der Waals surface area contributed by atoms with Gasteiger partial charge in [-0.1, -0.05) is 24.6 Å². The summed E-state index contributed by atoms with van der Waals surface area (Å²) in [6.07, 6.45) is 5.80. The molecule has 0 bridgehead atoms. The maximum absolute atomic E-state index is 17.4. The molecule has 9 atom stereocenters. The number of aliphatic hydroxyl groups excluding tert-OH is 1. The zero-order valence-corrected chi connectivity index (χ0v) is 20.3. The second-order valence-corrected chi connectivity index (χ2v) is 11.3. The minimum absolute atomic E-state index is 0.0184. The highest BCUT2D eigenvalue weighted by Crippen LogP contribution is 2.72. The monoisotopic (exact) mass is 492 g/mol. The third-order valence-corrected chi connectivity index (χ3v) is 9.98. The highest BCUT2D eigenvalue weighted by Gasteiger charge is 2.79. The van der Waals surface area contributed by atoms with Crippen LogP contribution in [0, 0.1) is 34.0 Å². The summed E-state index contributed by atoms with van der Waals surface area (Å²) >= 11 is 0. The summed E-state index contributed by atoms with van der Waals surface area (Å²) in [5, 5.41) is 21.0. The Kier molecular flexibility index (Phi) is 5.02. The molecular formula is C28H29FN2O5. The molecule has 2 heterocycles. The predicted molar refractivity (Wildman–Crippen MR) is 125 cm³/mol. The molecule has 1 aliphatic heterocycles. The van der Waals surface area contributed by atoms with Gasteiger partial charge in [0.25, 0.3) is 0 Å². The summed E-state index contributed by atoms with van der Waals surface area (Å²) in [4.78, 5) is 29.8. The zero-order valence-electron chi connectivity index (χ0n) is 20.3. The normalized spacial score (nSPS) is 46.7. The maximum Gasteiger partial charge on any atom is 0.185 e. The third kappa shape index (κ3) is 2.69. The molecule has 3 fully saturated rings. The average Bonchev–Trinajstić information content (AvgIpc) is 3.35. The third-order valence-electron chi connectivity index (χ3n) is 9.98. The summed E-state index contributed by atoms with van der Waals surface area (Å²) in [6.45, 7) is 3.65. The number of ketones is 2. The average molecular weight is 493 g/mol. The quantitative estimate of drug-likeness (QED) is 0.641.